The molecule has 1 amide bonds. The Bertz CT molecular complexity index is 942. The maximum Gasteiger partial charge on any atom is 0.233 e. The zero-order valence-electron chi connectivity index (χ0n) is 15.4. The number of hydrogen-bond acceptors (Lipinski definition) is 6. The number of hydrogen-bond donors (Lipinski definition) is 0. The number of ether oxygens (including phenoxy) is 1. The molecule has 2 aliphatic rings. The molecule has 0 unspecified atom stereocenters. The Hall–Kier alpha value is -2.51. The lowest BCUT2D eigenvalue weighted by molar-refractivity contribution is -0.146. The number of benzene rings is 1. The second-order valence-corrected chi connectivity index (χ2v) is 8.22. The van der Waals surface area contributed by atoms with Crippen LogP contribution in [0.3, 0.4) is 0 Å². The van der Waals surface area contributed by atoms with Gasteiger partial charge in [-0.3, -0.25) is 4.79 Å². The Morgan fingerprint density at radius 1 is 1.14 bits per heavy atom. The lowest BCUT2D eigenvalue weighted by atomic mass is 9.72. The van der Waals surface area contributed by atoms with Gasteiger partial charge in [0.2, 0.25) is 17.6 Å². The fourth-order valence-corrected chi connectivity index (χ4v) is 4.75. The van der Waals surface area contributed by atoms with Crippen molar-refractivity contribution in [3.05, 3.63) is 58.6 Å². The molecule has 0 saturated carbocycles. The molecule has 3 aromatic rings. The molecule has 0 aliphatic carbocycles. The lowest BCUT2D eigenvalue weighted by Crippen LogP contribution is -2.57. The summed E-state index contributed by atoms with van der Waals surface area (Å²) < 4.78 is 11.0. The van der Waals surface area contributed by atoms with Crippen LogP contribution in [-0.2, 0) is 14.9 Å². The van der Waals surface area contributed by atoms with Crippen molar-refractivity contribution >= 4 is 17.2 Å². The van der Waals surface area contributed by atoms with Crippen LogP contribution in [0.15, 0.2) is 51.7 Å². The SMILES string of the molecule is O=C(N1CC(c2nc(-c3ccsc3)no2)C1)C1(c2ccccc2)CCOCC1. The Kier molecular flexibility index (Phi) is 4.49. The number of amides is 1. The minimum Gasteiger partial charge on any atom is -0.381 e. The van der Waals surface area contributed by atoms with Gasteiger partial charge in [0, 0.05) is 37.2 Å². The Balaban J connectivity index is 1.31. The molecule has 144 valence electrons. The molecule has 28 heavy (non-hydrogen) atoms. The summed E-state index contributed by atoms with van der Waals surface area (Å²) in [6.45, 7) is 2.48. The summed E-state index contributed by atoms with van der Waals surface area (Å²) in [5.41, 5.74) is 1.57. The first-order valence-corrected chi connectivity index (χ1v) is 10.5. The molecule has 0 radical (unpaired) electrons. The number of carbonyl (C=O) groups excluding carboxylic acids is 1. The van der Waals surface area contributed by atoms with Crippen LogP contribution in [0.2, 0.25) is 0 Å². The minimum atomic E-state index is -0.485. The molecule has 0 N–H and O–H groups in total. The number of rotatable bonds is 4. The van der Waals surface area contributed by atoms with E-state index in [2.05, 4.69) is 22.3 Å². The van der Waals surface area contributed by atoms with Crippen molar-refractivity contribution < 1.29 is 14.1 Å². The van der Waals surface area contributed by atoms with Gasteiger partial charge >= 0.3 is 0 Å². The molecule has 7 heteroatoms. The maximum absolute atomic E-state index is 13.5. The molecule has 2 fully saturated rings. The molecular weight excluding hydrogens is 374 g/mol. The summed E-state index contributed by atoms with van der Waals surface area (Å²) in [5.74, 6) is 1.53. The average Bonchev–Trinajstić information content (AvgIpc) is 3.40. The zero-order valence-corrected chi connectivity index (χ0v) is 16.2. The molecule has 6 nitrogen and oxygen atoms in total. The van der Waals surface area contributed by atoms with E-state index in [1.165, 1.54) is 0 Å². The van der Waals surface area contributed by atoms with Gasteiger partial charge in [0.1, 0.15) is 0 Å². The summed E-state index contributed by atoms with van der Waals surface area (Å²) in [6.07, 6.45) is 1.44. The van der Waals surface area contributed by atoms with E-state index in [1.54, 1.807) is 11.3 Å². The van der Waals surface area contributed by atoms with Crippen LogP contribution in [0.4, 0.5) is 0 Å². The molecule has 2 aliphatic heterocycles. The Morgan fingerprint density at radius 3 is 2.64 bits per heavy atom. The van der Waals surface area contributed by atoms with E-state index >= 15 is 0 Å². The van der Waals surface area contributed by atoms with Crippen molar-refractivity contribution in [2.45, 2.75) is 24.2 Å². The minimum absolute atomic E-state index is 0.108. The van der Waals surface area contributed by atoms with E-state index in [9.17, 15) is 4.79 Å². The average molecular weight is 395 g/mol. The van der Waals surface area contributed by atoms with Crippen molar-refractivity contribution in [2.24, 2.45) is 0 Å². The normalized spacial score (nSPS) is 19.4. The predicted molar refractivity (Wildman–Crippen MR) is 105 cm³/mol. The molecule has 5 rings (SSSR count). The highest BCUT2D eigenvalue weighted by molar-refractivity contribution is 7.08. The monoisotopic (exact) mass is 395 g/mol. The van der Waals surface area contributed by atoms with Gasteiger partial charge < -0.3 is 14.2 Å². The fraction of sp³-hybridized carbons (Fsp3) is 0.381. The van der Waals surface area contributed by atoms with Gasteiger partial charge in [-0.15, -0.1) is 0 Å². The molecule has 0 atom stereocenters. The Labute approximate surface area is 167 Å². The standard InChI is InChI=1S/C21H21N3O3S/c25-20(21(7-9-26-10-8-21)17-4-2-1-3-5-17)24-12-16(13-24)19-22-18(23-27-19)15-6-11-28-14-15/h1-6,11,14,16H,7-10,12-13H2. The zero-order chi connectivity index (χ0) is 19.0. The highest BCUT2D eigenvalue weighted by Gasteiger charge is 2.48. The predicted octanol–water partition coefficient (Wildman–Crippen LogP) is 3.47. The van der Waals surface area contributed by atoms with E-state index < -0.39 is 5.41 Å². The fourth-order valence-electron chi connectivity index (χ4n) is 4.12. The summed E-state index contributed by atoms with van der Waals surface area (Å²) in [7, 11) is 0. The largest absolute Gasteiger partial charge is 0.381 e. The summed E-state index contributed by atoms with van der Waals surface area (Å²) in [5, 5.41) is 8.08. The summed E-state index contributed by atoms with van der Waals surface area (Å²) >= 11 is 1.60. The molecular formula is C21H21N3O3S. The van der Waals surface area contributed by atoms with Crippen molar-refractivity contribution in [3.63, 3.8) is 0 Å². The van der Waals surface area contributed by atoms with E-state index in [1.807, 2.05) is 39.9 Å². The van der Waals surface area contributed by atoms with Gasteiger partial charge in [-0.1, -0.05) is 35.5 Å². The second-order valence-electron chi connectivity index (χ2n) is 7.44. The van der Waals surface area contributed by atoms with E-state index in [-0.39, 0.29) is 11.8 Å². The van der Waals surface area contributed by atoms with Crippen molar-refractivity contribution in [1.82, 2.24) is 15.0 Å². The molecule has 0 spiro atoms. The van der Waals surface area contributed by atoms with Crippen LogP contribution in [0.5, 0.6) is 0 Å². The van der Waals surface area contributed by atoms with Gasteiger partial charge in [-0.05, 0) is 29.9 Å². The Morgan fingerprint density at radius 2 is 1.93 bits per heavy atom. The van der Waals surface area contributed by atoms with Crippen molar-refractivity contribution in [2.75, 3.05) is 26.3 Å². The number of aromatic nitrogens is 2. The van der Waals surface area contributed by atoms with Gasteiger partial charge in [0.15, 0.2) is 0 Å². The third-order valence-corrected chi connectivity index (χ3v) is 6.50. The van der Waals surface area contributed by atoms with E-state index in [4.69, 9.17) is 9.26 Å². The number of thiophene rings is 1. The van der Waals surface area contributed by atoms with Crippen LogP contribution < -0.4 is 0 Å². The quantitative estimate of drug-likeness (QED) is 0.677. The van der Waals surface area contributed by atoms with Gasteiger partial charge in [-0.25, -0.2) is 0 Å². The summed E-state index contributed by atoms with van der Waals surface area (Å²) in [4.78, 5) is 19.9. The first-order chi connectivity index (χ1) is 13.8. The van der Waals surface area contributed by atoms with Crippen LogP contribution in [0, 0.1) is 0 Å². The third-order valence-electron chi connectivity index (χ3n) is 5.82. The molecule has 2 aromatic heterocycles. The number of carbonyl (C=O) groups is 1. The first-order valence-electron chi connectivity index (χ1n) is 9.55. The topological polar surface area (TPSA) is 68.5 Å². The van der Waals surface area contributed by atoms with Crippen molar-refractivity contribution in [1.29, 1.82) is 0 Å². The molecule has 2 saturated heterocycles. The number of likely N-dealkylation sites (tertiary alicyclic amines) is 1. The van der Waals surface area contributed by atoms with Crippen molar-refractivity contribution in [3.8, 4) is 11.4 Å². The maximum atomic E-state index is 13.5. The number of nitrogens with zero attached hydrogens (tertiary/aromatic N) is 3. The van der Waals surface area contributed by atoms with Gasteiger partial charge in [-0.2, -0.15) is 16.3 Å². The van der Waals surface area contributed by atoms with Gasteiger partial charge in [0.05, 0.1) is 11.3 Å². The van der Waals surface area contributed by atoms with Crippen LogP contribution in [0.1, 0.15) is 30.2 Å². The second kappa shape index (κ2) is 7.14. The lowest BCUT2D eigenvalue weighted by Gasteiger charge is -2.45. The van der Waals surface area contributed by atoms with Crippen LogP contribution in [0.25, 0.3) is 11.4 Å². The molecule has 0 bridgehead atoms. The molecule has 1 aromatic carbocycles. The summed E-state index contributed by atoms with van der Waals surface area (Å²) in [6, 6.07) is 12.1. The highest BCUT2D eigenvalue weighted by Crippen LogP contribution is 2.39. The molecule has 4 heterocycles. The first kappa shape index (κ1) is 17.6. The van der Waals surface area contributed by atoms with E-state index in [0.29, 0.717) is 38.0 Å². The van der Waals surface area contributed by atoms with Crippen LogP contribution >= 0.6 is 11.3 Å². The smallest absolute Gasteiger partial charge is 0.233 e. The third kappa shape index (κ3) is 2.95. The van der Waals surface area contributed by atoms with Crippen LogP contribution in [-0.4, -0.2) is 47.3 Å². The van der Waals surface area contributed by atoms with E-state index in [0.717, 1.165) is 24.0 Å². The highest BCUT2D eigenvalue weighted by atomic mass is 32.1. The van der Waals surface area contributed by atoms with Gasteiger partial charge in [0.25, 0.3) is 0 Å².